The summed E-state index contributed by atoms with van der Waals surface area (Å²) in [6.45, 7) is 15.6. The van der Waals surface area contributed by atoms with E-state index in [2.05, 4.69) is 64.6 Å². The number of hydrogen-bond donors (Lipinski definition) is 0. The lowest BCUT2D eigenvalue weighted by atomic mass is 9.69. The van der Waals surface area contributed by atoms with Gasteiger partial charge in [-0.05, 0) is 64.2 Å². The molecule has 1 aliphatic heterocycles. The normalized spacial score (nSPS) is 19.4. The molecule has 0 spiro atoms. The van der Waals surface area contributed by atoms with Gasteiger partial charge in [-0.2, -0.15) is 0 Å². The van der Waals surface area contributed by atoms with E-state index in [1.807, 2.05) is 30.3 Å². The Kier molecular flexibility index (Phi) is 10.2. The molecule has 0 aromatic heterocycles. The van der Waals surface area contributed by atoms with Gasteiger partial charge in [0.2, 0.25) is 0 Å². The molecule has 0 radical (unpaired) electrons. The maximum atomic E-state index is 16.0. The van der Waals surface area contributed by atoms with E-state index < -0.39 is 25.9 Å². The second-order valence-electron chi connectivity index (χ2n) is 13.7. The summed E-state index contributed by atoms with van der Waals surface area (Å²) in [6, 6.07) is 18.9. The van der Waals surface area contributed by atoms with E-state index in [0.717, 1.165) is 35.3 Å². The van der Waals surface area contributed by atoms with Gasteiger partial charge in [0.1, 0.15) is 29.7 Å². The van der Waals surface area contributed by atoms with E-state index in [9.17, 15) is 4.39 Å². The van der Waals surface area contributed by atoms with Gasteiger partial charge in [-0.15, -0.1) is 0 Å². The highest BCUT2D eigenvalue weighted by molar-refractivity contribution is 6.78. The van der Waals surface area contributed by atoms with Crippen molar-refractivity contribution in [1.29, 1.82) is 0 Å². The summed E-state index contributed by atoms with van der Waals surface area (Å²) in [4.78, 5) is 2.09. The van der Waals surface area contributed by atoms with Crippen LogP contribution < -0.4 is 9.16 Å². The molecule has 3 nitrogen and oxygen atoms in total. The molecule has 0 saturated carbocycles. The molecular weight excluding hydrogens is 575 g/mol. The zero-order chi connectivity index (χ0) is 31.6. The van der Waals surface area contributed by atoms with Crippen molar-refractivity contribution in [2.75, 3.05) is 32.9 Å². The van der Waals surface area contributed by atoms with Crippen LogP contribution in [0.5, 0.6) is 11.5 Å². The number of benzene rings is 3. The molecule has 0 unspecified atom stereocenters. The molecule has 1 fully saturated rings. The lowest BCUT2D eigenvalue weighted by Gasteiger charge is -2.42. The number of likely N-dealkylation sites (tertiary alicyclic amines) is 1. The summed E-state index contributed by atoms with van der Waals surface area (Å²) in [5.74, 6) is -0.597. The molecular formula is C37H48F3NO2Si. The SMILES string of the molecule is CC(C)[Si](Oc1ccc2c(c1)CC[C@H](c1ccccc1)[C@@H]2c1c(F)cc(OCCN2CC(CF)C2)cc1F)(C(C)C)C(C)C. The van der Waals surface area contributed by atoms with Gasteiger partial charge in [-0.1, -0.05) is 77.9 Å². The highest BCUT2D eigenvalue weighted by Gasteiger charge is 2.47. The van der Waals surface area contributed by atoms with Crippen molar-refractivity contribution in [2.24, 2.45) is 5.92 Å². The van der Waals surface area contributed by atoms with Crippen molar-refractivity contribution in [3.8, 4) is 11.5 Å². The van der Waals surface area contributed by atoms with Gasteiger partial charge in [0.25, 0.3) is 8.32 Å². The summed E-state index contributed by atoms with van der Waals surface area (Å²) in [5, 5.41) is 0. The zero-order valence-corrected chi connectivity index (χ0v) is 28.1. The molecule has 7 heteroatoms. The van der Waals surface area contributed by atoms with Crippen LogP contribution in [0.3, 0.4) is 0 Å². The summed E-state index contributed by atoms with van der Waals surface area (Å²) < 4.78 is 57.5. The zero-order valence-electron chi connectivity index (χ0n) is 27.1. The van der Waals surface area contributed by atoms with E-state index in [-0.39, 0.29) is 29.8 Å². The predicted octanol–water partition coefficient (Wildman–Crippen LogP) is 9.66. The molecule has 1 saturated heterocycles. The van der Waals surface area contributed by atoms with Crippen molar-refractivity contribution >= 4 is 8.32 Å². The van der Waals surface area contributed by atoms with Crippen LogP contribution in [-0.4, -0.2) is 46.1 Å². The van der Waals surface area contributed by atoms with Gasteiger partial charge in [-0.25, -0.2) is 8.78 Å². The first-order chi connectivity index (χ1) is 21.0. The van der Waals surface area contributed by atoms with Crippen molar-refractivity contribution in [3.63, 3.8) is 0 Å². The van der Waals surface area contributed by atoms with Gasteiger partial charge in [-0.3, -0.25) is 9.29 Å². The second-order valence-corrected chi connectivity index (χ2v) is 19.1. The summed E-state index contributed by atoms with van der Waals surface area (Å²) in [7, 11) is -2.16. The molecule has 5 rings (SSSR count). The van der Waals surface area contributed by atoms with Crippen molar-refractivity contribution in [3.05, 3.63) is 94.6 Å². The Balaban J connectivity index is 1.47. The monoisotopic (exact) mass is 623 g/mol. The Morgan fingerprint density at radius 2 is 1.48 bits per heavy atom. The summed E-state index contributed by atoms with van der Waals surface area (Å²) in [6.07, 6.45) is 1.59. The molecule has 2 aliphatic rings. The number of aryl methyl sites for hydroxylation is 1. The average Bonchev–Trinajstić information content (AvgIpc) is 2.96. The first-order valence-corrected chi connectivity index (χ1v) is 18.5. The van der Waals surface area contributed by atoms with Crippen molar-refractivity contribution in [2.45, 2.75) is 82.8 Å². The first-order valence-electron chi connectivity index (χ1n) is 16.3. The molecule has 1 heterocycles. The molecule has 3 aromatic carbocycles. The van der Waals surface area contributed by atoms with Crippen LogP contribution in [-0.2, 0) is 6.42 Å². The first kappa shape index (κ1) is 32.6. The Morgan fingerprint density at radius 1 is 0.841 bits per heavy atom. The predicted molar refractivity (Wildman–Crippen MR) is 175 cm³/mol. The van der Waals surface area contributed by atoms with Crippen LogP contribution in [0.1, 0.15) is 82.1 Å². The smallest absolute Gasteiger partial charge is 0.258 e. The largest absolute Gasteiger partial charge is 0.543 e. The number of halogens is 3. The van der Waals surface area contributed by atoms with Crippen molar-refractivity contribution in [1.82, 2.24) is 4.90 Å². The minimum Gasteiger partial charge on any atom is -0.543 e. The fraction of sp³-hybridized carbons (Fsp3) is 0.514. The molecule has 238 valence electrons. The minimum atomic E-state index is -2.16. The lowest BCUT2D eigenvalue weighted by Crippen LogP contribution is -2.50. The summed E-state index contributed by atoms with van der Waals surface area (Å²) in [5.41, 5.74) is 4.54. The maximum absolute atomic E-state index is 16.0. The quantitative estimate of drug-likeness (QED) is 0.188. The van der Waals surface area contributed by atoms with Gasteiger partial charge in [0, 0.05) is 49.2 Å². The highest BCUT2D eigenvalue weighted by atomic mass is 28.4. The molecule has 44 heavy (non-hydrogen) atoms. The fourth-order valence-corrected chi connectivity index (χ4v) is 13.3. The lowest BCUT2D eigenvalue weighted by molar-refractivity contribution is 0.0667. The fourth-order valence-electron chi connectivity index (χ4n) is 8.02. The Morgan fingerprint density at radius 3 is 2.07 bits per heavy atom. The van der Waals surface area contributed by atoms with Gasteiger partial charge < -0.3 is 9.16 Å². The summed E-state index contributed by atoms with van der Waals surface area (Å²) >= 11 is 0. The number of nitrogens with zero attached hydrogens (tertiary/aromatic N) is 1. The van der Waals surface area contributed by atoms with Crippen LogP contribution in [0.4, 0.5) is 13.2 Å². The third kappa shape index (κ3) is 6.46. The third-order valence-corrected chi connectivity index (χ3v) is 16.1. The molecule has 0 amide bonds. The number of ether oxygens (including phenoxy) is 1. The van der Waals surface area contributed by atoms with Crippen LogP contribution >= 0.6 is 0 Å². The standard InChI is InChI=1S/C37H48F3NO2Si/c1-24(2)44(25(3)4,26(5)6)43-30-13-15-33-29(18-30)12-14-32(28-10-8-7-9-11-28)36(33)37-34(39)19-31(20-35(37)40)42-17-16-41-22-27(21-38)23-41/h7-11,13,15,18-20,24-27,32,36H,12,14,16-17,21-23H2,1-6H3/t32-,36+/m1/s1. The van der Waals surface area contributed by atoms with Crippen LogP contribution in [0.2, 0.25) is 16.6 Å². The third-order valence-electron chi connectivity index (χ3n) is 10.1. The van der Waals surface area contributed by atoms with Gasteiger partial charge in [0.05, 0.1) is 6.67 Å². The topological polar surface area (TPSA) is 21.7 Å². The van der Waals surface area contributed by atoms with E-state index in [1.165, 1.54) is 12.1 Å². The molecule has 0 bridgehead atoms. The number of fused-ring (bicyclic) bond motifs is 1. The van der Waals surface area contributed by atoms with Crippen LogP contribution in [0.25, 0.3) is 0 Å². The Bertz CT molecular complexity index is 1360. The number of rotatable bonds is 12. The Hall–Kier alpha value is -2.77. The maximum Gasteiger partial charge on any atom is 0.258 e. The van der Waals surface area contributed by atoms with Gasteiger partial charge >= 0.3 is 0 Å². The minimum absolute atomic E-state index is 0.0726. The average molecular weight is 624 g/mol. The number of alkyl halides is 1. The number of hydrogen-bond acceptors (Lipinski definition) is 3. The molecule has 3 aromatic rings. The van der Waals surface area contributed by atoms with E-state index in [1.54, 1.807) is 0 Å². The molecule has 2 atom stereocenters. The molecule has 1 aliphatic carbocycles. The van der Waals surface area contributed by atoms with E-state index in [0.29, 0.717) is 42.9 Å². The van der Waals surface area contributed by atoms with Crippen LogP contribution in [0, 0.1) is 17.6 Å². The van der Waals surface area contributed by atoms with Crippen LogP contribution in [0.15, 0.2) is 60.7 Å². The Labute approximate surface area is 262 Å². The second kappa shape index (κ2) is 13.7. The van der Waals surface area contributed by atoms with E-state index in [4.69, 9.17) is 9.16 Å². The highest BCUT2D eigenvalue weighted by Crippen LogP contribution is 2.50. The van der Waals surface area contributed by atoms with Gasteiger partial charge in [0.15, 0.2) is 0 Å². The van der Waals surface area contributed by atoms with E-state index >= 15 is 8.78 Å². The molecule has 0 N–H and O–H groups in total. The van der Waals surface area contributed by atoms with Crippen molar-refractivity contribution < 1.29 is 22.3 Å².